The van der Waals surface area contributed by atoms with E-state index in [-0.39, 0.29) is 18.1 Å². The highest BCUT2D eigenvalue weighted by Crippen LogP contribution is 2.20. The monoisotopic (exact) mass is 365 g/mol. The molecule has 3 rings (SSSR count). The van der Waals surface area contributed by atoms with Crippen LogP contribution in [0.5, 0.6) is 0 Å². The molecule has 2 aromatic carbocycles. The lowest BCUT2D eigenvalue weighted by Gasteiger charge is -2.35. The Balaban J connectivity index is 1.51. The Morgan fingerprint density at radius 1 is 1.04 bits per heavy atom. The van der Waals surface area contributed by atoms with Crippen molar-refractivity contribution in [2.75, 3.05) is 42.9 Å². The van der Waals surface area contributed by atoms with Gasteiger partial charge in [-0.25, -0.2) is 8.78 Å². The van der Waals surface area contributed by atoms with Crippen molar-refractivity contribution in [2.24, 2.45) is 0 Å². The van der Waals surface area contributed by atoms with Crippen LogP contribution in [0.3, 0.4) is 0 Å². The van der Waals surface area contributed by atoms with Crippen LogP contribution in [0.4, 0.5) is 20.2 Å². The van der Waals surface area contributed by atoms with Gasteiger partial charge >= 0.3 is 0 Å². The maximum Gasteiger partial charge on any atom is 0.238 e. The fourth-order valence-electron chi connectivity index (χ4n) is 2.87. The lowest BCUT2D eigenvalue weighted by atomic mass is 10.2. The summed E-state index contributed by atoms with van der Waals surface area (Å²) >= 11 is 6.02. The van der Waals surface area contributed by atoms with Crippen molar-refractivity contribution in [3.63, 3.8) is 0 Å². The Labute approximate surface area is 150 Å². The maximum atomic E-state index is 13.2. The molecule has 1 amide bonds. The van der Waals surface area contributed by atoms with E-state index in [1.165, 1.54) is 0 Å². The first-order chi connectivity index (χ1) is 12.0. The Hall–Kier alpha value is -2.18. The van der Waals surface area contributed by atoms with Gasteiger partial charge in [0.1, 0.15) is 11.6 Å². The van der Waals surface area contributed by atoms with Crippen LogP contribution < -0.4 is 10.2 Å². The zero-order chi connectivity index (χ0) is 17.8. The van der Waals surface area contributed by atoms with E-state index in [1.54, 1.807) is 0 Å². The van der Waals surface area contributed by atoms with Crippen LogP contribution in [0.15, 0.2) is 42.5 Å². The van der Waals surface area contributed by atoms with Crippen LogP contribution in [0.25, 0.3) is 0 Å². The van der Waals surface area contributed by atoms with Crippen molar-refractivity contribution in [3.8, 4) is 0 Å². The number of carbonyl (C=O) groups is 1. The van der Waals surface area contributed by atoms with Gasteiger partial charge in [0, 0.05) is 48.6 Å². The first-order valence-electron chi connectivity index (χ1n) is 7.98. The minimum atomic E-state index is -0.717. The van der Waals surface area contributed by atoms with Gasteiger partial charge < -0.3 is 10.2 Å². The third-order valence-electron chi connectivity index (χ3n) is 4.06. The fraction of sp³-hybridized carbons (Fsp3) is 0.278. The van der Waals surface area contributed by atoms with E-state index >= 15 is 0 Å². The van der Waals surface area contributed by atoms with E-state index in [0.29, 0.717) is 5.02 Å². The molecule has 2 aromatic rings. The van der Waals surface area contributed by atoms with Gasteiger partial charge in [-0.15, -0.1) is 0 Å². The Morgan fingerprint density at radius 3 is 2.36 bits per heavy atom. The summed E-state index contributed by atoms with van der Waals surface area (Å²) in [6.07, 6.45) is 0. The summed E-state index contributed by atoms with van der Waals surface area (Å²) in [5, 5.41) is 3.23. The number of nitrogens with one attached hydrogen (secondary N) is 1. The lowest BCUT2D eigenvalue weighted by Crippen LogP contribution is -2.48. The zero-order valence-electron chi connectivity index (χ0n) is 13.5. The van der Waals surface area contributed by atoms with Crippen molar-refractivity contribution < 1.29 is 13.6 Å². The number of rotatable bonds is 4. The average Bonchev–Trinajstić information content (AvgIpc) is 2.54. The highest BCUT2D eigenvalue weighted by molar-refractivity contribution is 6.30. The zero-order valence-corrected chi connectivity index (χ0v) is 14.3. The Morgan fingerprint density at radius 2 is 1.72 bits per heavy atom. The Bertz CT molecular complexity index is 743. The summed E-state index contributed by atoms with van der Waals surface area (Å²) < 4.78 is 26.3. The Kier molecular flexibility index (Phi) is 5.50. The van der Waals surface area contributed by atoms with Gasteiger partial charge in [0.25, 0.3) is 0 Å². The van der Waals surface area contributed by atoms with Crippen molar-refractivity contribution in [3.05, 3.63) is 59.1 Å². The molecule has 0 unspecified atom stereocenters. The predicted octanol–water partition coefficient (Wildman–Crippen LogP) is 3.38. The molecule has 0 aromatic heterocycles. The summed E-state index contributed by atoms with van der Waals surface area (Å²) in [6.45, 7) is 3.18. The van der Waals surface area contributed by atoms with E-state index < -0.39 is 11.6 Å². The van der Waals surface area contributed by atoms with Crippen molar-refractivity contribution in [1.82, 2.24) is 4.90 Å². The molecule has 0 spiro atoms. The van der Waals surface area contributed by atoms with Crippen LogP contribution >= 0.6 is 11.6 Å². The van der Waals surface area contributed by atoms with Gasteiger partial charge in [-0.2, -0.15) is 0 Å². The molecule has 1 N–H and O–H groups in total. The third kappa shape index (κ3) is 4.90. The molecular weight excluding hydrogens is 348 g/mol. The third-order valence-corrected chi connectivity index (χ3v) is 4.29. The first-order valence-corrected chi connectivity index (χ1v) is 8.36. The molecule has 0 saturated carbocycles. The van der Waals surface area contributed by atoms with E-state index in [0.717, 1.165) is 50.1 Å². The highest BCUT2D eigenvalue weighted by Gasteiger charge is 2.19. The highest BCUT2D eigenvalue weighted by atomic mass is 35.5. The minimum absolute atomic E-state index is 0.125. The SMILES string of the molecule is O=C(CN1CCN(c2cccc(Cl)c2)CC1)Nc1cc(F)cc(F)c1. The molecule has 25 heavy (non-hydrogen) atoms. The fourth-order valence-corrected chi connectivity index (χ4v) is 3.05. The van der Waals surface area contributed by atoms with Crippen molar-refractivity contribution in [1.29, 1.82) is 0 Å². The van der Waals surface area contributed by atoms with Gasteiger partial charge in [0.05, 0.1) is 6.54 Å². The van der Waals surface area contributed by atoms with Crippen LogP contribution in [0.2, 0.25) is 5.02 Å². The van der Waals surface area contributed by atoms with Gasteiger partial charge in [0.2, 0.25) is 5.91 Å². The smallest absolute Gasteiger partial charge is 0.238 e. The largest absolute Gasteiger partial charge is 0.369 e. The lowest BCUT2D eigenvalue weighted by molar-refractivity contribution is -0.117. The number of hydrogen-bond acceptors (Lipinski definition) is 3. The molecule has 0 radical (unpaired) electrons. The molecule has 1 saturated heterocycles. The van der Waals surface area contributed by atoms with Gasteiger partial charge in [0.15, 0.2) is 0 Å². The molecule has 4 nitrogen and oxygen atoms in total. The molecule has 1 fully saturated rings. The summed E-state index contributed by atoms with van der Waals surface area (Å²) in [7, 11) is 0. The number of halogens is 3. The van der Waals surface area contributed by atoms with Crippen LogP contribution in [0, 0.1) is 11.6 Å². The van der Waals surface area contributed by atoms with Crippen LogP contribution in [-0.2, 0) is 4.79 Å². The molecule has 7 heteroatoms. The first kappa shape index (κ1) is 17.6. The number of amides is 1. The van der Waals surface area contributed by atoms with Gasteiger partial charge in [-0.3, -0.25) is 9.69 Å². The number of hydrogen-bond donors (Lipinski definition) is 1. The number of benzene rings is 2. The number of piperazine rings is 1. The maximum absolute atomic E-state index is 13.2. The molecule has 132 valence electrons. The second-order valence-electron chi connectivity index (χ2n) is 5.95. The second-order valence-corrected chi connectivity index (χ2v) is 6.39. The van der Waals surface area contributed by atoms with Gasteiger partial charge in [-0.1, -0.05) is 17.7 Å². The molecular formula is C18H18ClF2N3O. The van der Waals surface area contributed by atoms with Crippen molar-refractivity contribution in [2.45, 2.75) is 0 Å². The van der Waals surface area contributed by atoms with E-state index in [2.05, 4.69) is 10.2 Å². The second kappa shape index (κ2) is 7.80. The normalized spacial score (nSPS) is 15.2. The molecule has 1 aliphatic rings. The summed E-state index contributed by atoms with van der Waals surface area (Å²) in [6, 6.07) is 10.6. The summed E-state index contributed by atoms with van der Waals surface area (Å²) in [5.74, 6) is -1.72. The van der Waals surface area contributed by atoms with E-state index in [1.807, 2.05) is 29.2 Å². The van der Waals surface area contributed by atoms with E-state index in [4.69, 9.17) is 11.6 Å². The minimum Gasteiger partial charge on any atom is -0.369 e. The quantitative estimate of drug-likeness (QED) is 0.902. The molecule has 0 aliphatic carbocycles. The number of nitrogens with zero attached hydrogens (tertiary/aromatic N) is 2. The predicted molar refractivity (Wildman–Crippen MR) is 95.1 cm³/mol. The average molecular weight is 366 g/mol. The summed E-state index contributed by atoms with van der Waals surface area (Å²) in [4.78, 5) is 16.3. The standard InChI is InChI=1S/C18H18ClF2N3O/c19-13-2-1-3-17(8-13)24-6-4-23(5-7-24)12-18(25)22-16-10-14(20)9-15(21)11-16/h1-3,8-11H,4-7,12H2,(H,22,25). The molecule has 1 aliphatic heterocycles. The van der Waals surface area contributed by atoms with Crippen LogP contribution in [-0.4, -0.2) is 43.5 Å². The molecule has 0 atom stereocenters. The molecule has 1 heterocycles. The van der Waals surface area contributed by atoms with Gasteiger partial charge in [-0.05, 0) is 30.3 Å². The topological polar surface area (TPSA) is 35.6 Å². The van der Waals surface area contributed by atoms with Crippen LogP contribution in [0.1, 0.15) is 0 Å². The number of anilines is 2. The molecule has 0 bridgehead atoms. The summed E-state index contributed by atoms with van der Waals surface area (Å²) in [5.41, 5.74) is 1.19. The number of carbonyl (C=O) groups excluding carboxylic acids is 1. The van der Waals surface area contributed by atoms with E-state index in [9.17, 15) is 13.6 Å². The van der Waals surface area contributed by atoms with Crippen molar-refractivity contribution >= 4 is 28.9 Å².